The largest absolute Gasteiger partial charge is 0.461 e. The van der Waals surface area contributed by atoms with Gasteiger partial charge in [-0.2, -0.15) is 4.98 Å². The van der Waals surface area contributed by atoms with Crippen LogP contribution in [0.15, 0.2) is 21.3 Å². The van der Waals surface area contributed by atoms with E-state index in [1.165, 1.54) is 0 Å². The summed E-state index contributed by atoms with van der Waals surface area (Å²) in [7, 11) is 0. The quantitative estimate of drug-likeness (QED) is 0.856. The van der Waals surface area contributed by atoms with Crippen molar-refractivity contribution in [1.29, 1.82) is 0 Å². The van der Waals surface area contributed by atoms with E-state index in [1.807, 2.05) is 26.8 Å². The molecule has 0 aromatic carbocycles. The predicted octanol–water partition coefficient (Wildman–Crippen LogP) is 1.92. The van der Waals surface area contributed by atoms with Gasteiger partial charge in [-0.3, -0.25) is 0 Å². The van der Waals surface area contributed by atoms with Gasteiger partial charge in [0.1, 0.15) is 0 Å². The van der Waals surface area contributed by atoms with Gasteiger partial charge in [0.15, 0.2) is 5.76 Å². The number of hydrogen-bond donors (Lipinski definition) is 1. The Morgan fingerprint density at radius 2 is 2.19 bits per heavy atom. The minimum atomic E-state index is -0.359. The number of aromatic nitrogens is 2. The van der Waals surface area contributed by atoms with Crippen molar-refractivity contribution < 1.29 is 8.94 Å². The van der Waals surface area contributed by atoms with Crippen LogP contribution in [0.4, 0.5) is 0 Å². The summed E-state index contributed by atoms with van der Waals surface area (Å²) < 4.78 is 10.4. The van der Waals surface area contributed by atoms with E-state index >= 15 is 0 Å². The van der Waals surface area contributed by atoms with Crippen molar-refractivity contribution in [2.45, 2.75) is 32.7 Å². The molecular formula is C11H15N3O2. The zero-order valence-electron chi connectivity index (χ0n) is 9.65. The van der Waals surface area contributed by atoms with Crippen molar-refractivity contribution in [3.05, 3.63) is 23.8 Å². The Labute approximate surface area is 93.6 Å². The van der Waals surface area contributed by atoms with Gasteiger partial charge in [0.05, 0.1) is 6.26 Å². The van der Waals surface area contributed by atoms with Gasteiger partial charge in [-0.05, 0) is 32.4 Å². The van der Waals surface area contributed by atoms with E-state index in [4.69, 9.17) is 14.7 Å². The molecule has 0 aliphatic rings. The highest BCUT2D eigenvalue weighted by molar-refractivity contribution is 5.50. The third-order valence-corrected chi connectivity index (χ3v) is 2.14. The van der Waals surface area contributed by atoms with Gasteiger partial charge in [-0.25, -0.2) is 0 Å². The SMILES string of the molecule is Cc1ccoc1-c1noc(CC(C)(C)N)n1. The van der Waals surface area contributed by atoms with Gasteiger partial charge < -0.3 is 14.7 Å². The van der Waals surface area contributed by atoms with Gasteiger partial charge in [0.2, 0.25) is 11.7 Å². The molecule has 2 heterocycles. The van der Waals surface area contributed by atoms with Crippen molar-refractivity contribution in [3.63, 3.8) is 0 Å². The molecule has 5 heteroatoms. The number of nitrogens with zero attached hydrogens (tertiary/aromatic N) is 2. The van der Waals surface area contributed by atoms with Crippen LogP contribution in [-0.4, -0.2) is 15.7 Å². The Hall–Kier alpha value is -1.62. The summed E-state index contributed by atoms with van der Waals surface area (Å²) >= 11 is 0. The first-order chi connectivity index (χ1) is 7.46. The second kappa shape index (κ2) is 3.75. The van der Waals surface area contributed by atoms with Crippen LogP contribution in [0.25, 0.3) is 11.6 Å². The highest BCUT2D eigenvalue weighted by atomic mass is 16.5. The molecule has 16 heavy (non-hydrogen) atoms. The topological polar surface area (TPSA) is 78.1 Å². The first-order valence-corrected chi connectivity index (χ1v) is 5.12. The maximum absolute atomic E-state index is 5.87. The summed E-state index contributed by atoms with van der Waals surface area (Å²) in [6.07, 6.45) is 2.15. The van der Waals surface area contributed by atoms with E-state index in [9.17, 15) is 0 Å². The van der Waals surface area contributed by atoms with Crippen LogP contribution in [0.1, 0.15) is 25.3 Å². The first-order valence-electron chi connectivity index (χ1n) is 5.12. The van der Waals surface area contributed by atoms with E-state index in [-0.39, 0.29) is 5.54 Å². The molecule has 2 rings (SSSR count). The van der Waals surface area contributed by atoms with Gasteiger partial charge in [0, 0.05) is 12.0 Å². The van der Waals surface area contributed by atoms with Crippen molar-refractivity contribution in [3.8, 4) is 11.6 Å². The molecule has 0 aliphatic carbocycles. The zero-order chi connectivity index (χ0) is 11.8. The summed E-state index contributed by atoms with van der Waals surface area (Å²) in [5, 5.41) is 3.87. The summed E-state index contributed by atoms with van der Waals surface area (Å²) in [4.78, 5) is 4.25. The Morgan fingerprint density at radius 3 is 2.75 bits per heavy atom. The Bertz CT molecular complexity index is 479. The van der Waals surface area contributed by atoms with Crippen molar-refractivity contribution in [1.82, 2.24) is 10.1 Å². The lowest BCUT2D eigenvalue weighted by Gasteiger charge is -2.14. The molecule has 0 fully saturated rings. The maximum atomic E-state index is 5.87. The standard InChI is InChI=1S/C11H15N3O2/c1-7-4-5-15-9(7)10-13-8(16-14-10)6-11(2,3)12/h4-5H,6,12H2,1-3H3. The van der Waals surface area contributed by atoms with Crippen LogP contribution in [0.5, 0.6) is 0 Å². The molecule has 0 unspecified atom stereocenters. The highest BCUT2D eigenvalue weighted by Crippen LogP contribution is 2.21. The molecule has 0 radical (unpaired) electrons. The number of furan rings is 1. The highest BCUT2D eigenvalue weighted by Gasteiger charge is 2.19. The lowest BCUT2D eigenvalue weighted by atomic mass is 10.0. The minimum absolute atomic E-state index is 0.359. The van der Waals surface area contributed by atoms with E-state index in [2.05, 4.69) is 10.1 Å². The number of rotatable bonds is 3. The average molecular weight is 221 g/mol. The van der Waals surface area contributed by atoms with Crippen LogP contribution < -0.4 is 5.73 Å². The van der Waals surface area contributed by atoms with Crippen LogP contribution in [0, 0.1) is 6.92 Å². The van der Waals surface area contributed by atoms with Crippen LogP contribution in [0.2, 0.25) is 0 Å². The van der Waals surface area contributed by atoms with Gasteiger partial charge in [-0.1, -0.05) is 5.16 Å². The third-order valence-electron chi connectivity index (χ3n) is 2.14. The fourth-order valence-electron chi connectivity index (χ4n) is 1.41. The summed E-state index contributed by atoms with van der Waals surface area (Å²) in [5.74, 6) is 1.64. The molecule has 0 saturated heterocycles. The van der Waals surface area contributed by atoms with Gasteiger partial charge in [-0.15, -0.1) is 0 Å². The molecule has 2 aromatic rings. The number of aryl methyl sites for hydroxylation is 1. The average Bonchev–Trinajstić information content (AvgIpc) is 2.71. The van der Waals surface area contributed by atoms with Gasteiger partial charge in [0.25, 0.3) is 0 Å². The lowest BCUT2D eigenvalue weighted by molar-refractivity contribution is 0.347. The molecule has 5 nitrogen and oxygen atoms in total. The third kappa shape index (κ3) is 2.30. The zero-order valence-corrected chi connectivity index (χ0v) is 9.65. The van der Waals surface area contributed by atoms with Crippen LogP contribution in [-0.2, 0) is 6.42 Å². The van der Waals surface area contributed by atoms with Crippen molar-refractivity contribution >= 4 is 0 Å². The molecule has 0 saturated carbocycles. The molecule has 2 aromatic heterocycles. The molecule has 0 atom stereocenters. The summed E-state index contributed by atoms with van der Waals surface area (Å²) in [6.45, 7) is 5.76. The summed E-state index contributed by atoms with van der Waals surface area (Å²) in [6, 6.07) is 1.86. The fraction of sp³-hybridized carbons (Fsp3) is 0.455. The Kier molecular flexibility index (Phi) is 2.55. The lowest BCUT2D eigenvalue weighted by Crippen LogP contribution is -2.34. The van der Waals surface area contributed by atoms with E-state index in [1.54, 1.807) is 6.26 Å². The van der Waals surface area contributed by atoms with E-state index < -0.39 is 0 Å². The van der Waals surface area contributed by atoms with Crippen LogP contribution >= 0.6 is 0 Å². The van der Waals surface area contributed by atoms with E-state index in [0.717, 1.165) is 5.56 Å². The molecular weight excluding hydrogens is 206 g/mol. The predicted molar refractivity (Wildman–Crippen MR) is 58.7 cm³/mol. The number of hydrogen-bond acceptors (Lipinski definition) is 5. The smallest absolute Gasteiger partial charge is 0.238 e. The number of nitrogens with two attached hydrogens (primary N) is 1. The first kappa shape index (κ1) is 10.9. The Morgan fingerprint density at radius 1 is 1.44 bits per heavy atom. The monoisotopic (exact) mass is 221 g/mol. The molecule has 2 N–H and O–H groups in total. The Balaban J connectivity index is 2.24. The molecule has 0 amide bonds. The van der Waals surface area contributed by atoms with Crippen LogP contribution in [0.3, 0.4) is 0 Å². The van der Waals surface area contributed by atoms with Gasteiger partial charge >= 0.3 is 0 Å². The van der Waals surface area contributed by atoms with Crippen molar-refractivity contribution in [2.75, 3.05) is 0 Å². The maximum Gasteiger partial charge on any atom is 0.238 e. The van der Waals surface area contributed by atoms with E-state index in [0.29, 0.717) is 23.9 Å². The molecule has 86 valence electrons. The second-order valence-electron chi connectivity index (χ2n) is 4.61. The normalized spacial score (nSPS) is 12.0. The molecule has 0 bridgehead atoms. The second-order valence-corrected chi connectivity index (χ2v) is 4.61. The fourth-order valence-corrected chi connectivity index (χ4v) is 1.41. The minimum Gasteiger partial charge on any atom is -0.461 e. The molecule has 0 aliphatic heterocycles. The van der Waals surface area contributed by atoms with Crippen molar-refractivity contribution in [2.24, 2.45) is 5.73 Å². The molecule has 0 spiro atoms. The summed E-state index contributed by atoms with van der Waals surface area (Å²) in [5.41, 5.74) is 6.50.